The molecule has 2 aromatic carbocycles. The fourth-order valence-corrected chi connectivity index (χ4v) is 2.93. The molecule has 0 spiro atoms. The van der Waals surface area contributed by atoms with Crippen molar-refractivity contribution in [3.63, 3.8) is 0 Å². The van der Waals surface area contributed by atoms with Crippen LogP contribution in [0.4, 0.5) is 10.5 Å². The molecule has 2 rings (SSSR count). The number of imide groups is 1. The van der Waals surface area contributed by atoms with Crippen LogP contribution in [0, 0.1) is 11.3 Å². The van der Waals surface area contributed by atoms with E-state index in [2.05, 4.69) is 10.6 Å². The first-order chi connectivity index (χ1) is 11.3. The van der Waals surface area contributed by atoms with Crippen LogP contribution < -0.4 is 10.6 Å². The Labute approximate surface area is 157 Å². The quantitative estimate of drug-likeness (QED) is 0.729. The molecule has 0 bridgehead atoms. The number of amides is 3. The molecule has 0 aliphatic heterocycles. The fraction of sp³-hybridized carbons (Fsp3) is 0. The third-order valence-electron chi connectivity index (χ3n) is 2.83. The van der Waals surface area contributed by atoms with Gasteiger partial charge in [-0.2, -0.15) is 5.26 Å². The van der Waals surface area contributed by atoms with Crippen LogP contribution in [0.2, 0.25) is 20.1 Å². The molecule has 0 saturated carbocycles. The second kappa shape index (κ2) is 7.73. The Morgan fingerprint density at radius 1 is 0.958 bits per heavy atom. The number of anilines is 1. The lowest BCUT2D eigenvalue weighted by Gasteiger charge is -2.11. The van der Waals surface area contributed by atoms with E-state index in [1.165, 1.54) is 24.3 Å². The third-order valence-corrected chi connectivity index (χ3v) is 4.05. The van der Waals surface area contributed by atoms with E-state index in [0.29, 0.717) is 0 Å². The van der Waals surface area contributed by atoms with Gasteiger partial charge in [0, 0.05) is 0 Å². The molecule has 24 heavy (non-hydrogen) atoms. The van der Waals surface area contributed by atoms with Gasteiger partial charge in [-0.3, -0.25) is 10.1 Å². The number of nitrogens with zero attached hydrogens (tertiary/aromatic N) is 1. The van der Waals surface area contributed by atoms with Gasteiger partial charge in [-0.05, 0) is 24.3 Å². The van der Waals surface area contributed by atoms with Crippen LogP contribution in [0.5, 0.6) is 0 Å². The second-order valence-corrected chi connectivity index (χ2v) is 6.06. The average molecular weight is 403 g/mol. The van der Waals surface area contributed by atoms with Crippen molar-refractivity contribution in [1.82, 2.24) is 5.32 Å². The van der Waals surface area contributed by atoms with Gasteiger partial charge >= 0.3 is 6.03 Å². The highest BCUT2D eigenvalue weighted by molar-refractivity contribution is 6.41. The molecule has 0 saturated heterocycles. The van der Waals surface area contributed by atoms with Gasteiger partial charge in [0.15, 0.2) is 0 Å². The van der Waals surface area contributed by atoms with Crippen LogP contribution in [0.15, 0.2) is 30.3 Å². The first-order valence-electron chi connectivity index (χ1n) is 6.29. The highest BCUT2D eigenvalue weighted by atomic mass is 35.5. The van der Waals surface area contributed by atoms with Crippen molar-refractivity contribution in [2.75, 3.05) is 5.32 Å². The summed E-state index contributed by atoms with van der Waals surface area (Å²) in [4.78, 5) is 24.1. The average Bonchev–Trinajstić information content (AvgIpc) is 2.50. The van der Waals surface area contributed by atoms with Gasteiger partial charge in [-0.25, -0.2) is 4.79 Å². The van der Waals surface area contributed by atoms with Crippen LogP contribution >= 0.6 is 46.4 Å². The SMILES string of the molecule is N#Cc1cc(Cl)c(NC(=O)NC(=O)c2c(Cl)cccc2Cl)c(Cl)c1. The van der Waals surface area contributed by atoms with Crippen LogP contribution in [0.1, 0.15) is 15.9 Å². The Kier molecular flexibility index (Phi) is 5.92. The summed E-state index contributed by atoms with van der Waals surface area (Å²) in [5.74, 6) is -0.788. The maximum absolute atomic E-state index is 12.1. The van der Waals surface area contributed by atoms with Gasteiger partial charge in [0.05, 0.1) is 43.0 Å². The first-order valence-corrected chi connectivity index (χ1v) is 7.80. The predicted octanol–water partition coefficient (Wildman–Crippen LogP) is 5.13. The minimum atomic E-state index is -0.885. The van der Waals surface area contributed by atoms with E-state index in [1.54, 1.807) is 6.07 Å². The maximum atomic E-state index is 12.1. The van der Waals surface area contributed by atoms with E-state index in [1.807, 2.05) is 6.07 Å². The van der Waals surface area contributed by atoms with Crippen molar-refractivity contribution in [1.29, 1.82) is 5.26 Å². The van der Waals surface area contributed by atoms with E-state index in [0.717, 1.165) is 0 Å². The Morgan fingerprint density at radius 3 is 2.00 bits per heavy atom. The lowest BCUT2D eigenvalue weighted by atomic mass is 10.2. The summed E-state index contributed by atoms with van der Waals surface area (Å²) in [7, 11) is 0. The van der Waals surface area contributed by atoms with Gasteiger partial charge in [-0.15, -0.1) is 0 Å². The molecule has 0 fully saturated rings. The van der Waals surface area contributed by atoms with Crippen LogP contribution in [-0.2, 0) is 0 Å². The van der Waals surface area contributed by atoms with Crippen molar-refractivity contribution < 1.29 is 9.59 Å². The zero-order valence-corrected chi connectivity index (χ0v) is 14.7. The lowest BCUT2D eigenvalue weighted by Crippen LogP contribution is -2.34. The molecule has 2 aromatic rings. The van der Waals surface area contributed by atoms with Gasteiger partial charge in [0.1, 0.15) is 0 Å². The van der Waals surface area contributed by atoms with Crippen molar-refractivity contribution >= 4 is 64.0 Å². The molecule has 0 heterocycles. The van der Waals surface area contributed by atoms with Crippen LogP contribution in [-0.4, -0.2) is 11.9 Å². The maximum Gasteiger partial charge on any atom is 0.326 e. The smallest absolute Gasteiger partial charge is 0.305 e. The topological polar surface area (TPSA) is 82.0 Å². The molecule has 3 amide bonds. The largest absolute Gasteiger partial charge is 0.326 e. The number of benzene rings is 2. The molecule has 0 aliphatic rings. The van der Waals surface area contributed by atoms with Crippen molar-refractivity contribution in [2.45, 2.75) is 0 Å². The molecular formula is C15H7Cl4N3O2. The van der Waals surface area contributed by atoms with Gasteiger partial charge < -0.3 is 5.32 Å². The molecule has 0 aliphatic carbocycles. The summed E-state index contributed by atoms with van der Waals surface area (Å²) >= 11 is 23.7. The zero-order chi connectivity index (χ0) is 17.9. The highest BCUT2D eigenvalue weighted by Gasteiger charge is 2.18. The number of hydrogen-bond donors (Lipinski definition) is 2. The minimum absolute atomic E-state index is 0.0343. The molecule has 2 N–H and O–H groups in total. The summed E-state index contributed by atoms with van der Waals surface area (Å²) in [6.07, 6.45) is 0. The zero-order valence-electron chi connectivity index (χ0n) is 11.7. The molecule has 0 unspecified atom stereocenters. The third kappa shape index (κ3) is 4.11. The van der Waals surface area contributed by atoms with Gasteiger partial charge in [-0.1, -0.05) is 52.5 Å². The molecule has 122 valence electrons. The Balaban J connectivity index is 2.18. The Bertz CT molecular complexity index is 834. The monoisotopic (exact) mass is 401 g/mol. The molecule has 0 radical (unpaired) electrons. The van der Waals surface area contributed by atoms with E-state index in [-0.39, 0.29) is 36.9 Å². The normalized spacial score (nSPS) is 9.96. The fourth-order valence-electron chi connectivity index (χ4n) is 1.78. The number of rotatable bonds is 2. The predicted molar refractivity (Wildman–Crippen MR) is 94.1 cm³/mol. The number of halogens is 4. The lowest BCUT2D eigenvalue weighted by molar-refractivity contribution is 0.0967. The van der Waals surface area contributed by atoms with Crippen LogP contribution in [0.25, 0.3) is 0 Å². The van der Waals surface area contributed by atoms with Gasteiger partial charge in [0.25, 0.3) is 5.91 Å². The van der Waals surface area contributed by atoms with E-state index in [9.17, 15) is 9.59 Å². The number of hydrogen-bond acceptors (Lipinski definition) is 3. The van der Waals surface area contributed by atoms with E-state index >= 15 is 0 Å². The standard InChI is InChI=1S/C15H7Cl4N3O2/c16-8-2-1-3-9(17)12(8)14(23)22-15(24)21-13-10(18)4-7(6-20)5-11(13)19/h1-5H,(H2,21,22,23,24). The number of carbonyl (C=O) groups excluding carboxylic acids is 2. The van der Waals surface area contributed by atoms with Crippen LogP contribution in [0.3, 0.4) is 0 Å². The second-order valence-electron chi connectivity index (χ2n) is 4.43. The molecular weight excluding hydrogens is 396 g/mol. The summed E-state index contributed by atoms with van der Waals surface area (Å²) in [5.41, 5.74) is 0.260. The summed E-state index contributed by atoms with van der Waals surface area (Å²) in [5, 5.41) is 13.5. The van der Waals surface area contributed by atoms with E-state index in [4.69, 9.17) is 51.7 Å². The summed E-state index contributed by atoms with van der Waals surface area (Å²) < 4.78 is 0. The number of urea groups is 1. The molecule has 9 heteroatoms. The van der Waals surface area contributed by atoms with Crippen molar-refractivity contribution in [3.05, 3.63) is 61.5 Å². The number of carbonyl (C=O) groups is 2. The Hall–Kier alpha value is -1.97. The first kappa shape index (κ1) is 18.4. The van der Waals surface area contributed by atoms with E-state index < -0.39 is 11.9 Å². The summed E-state index contributed by atoms with van der Waals surface area (Å²) in [6.45, 7) is 0. The molecule has 0 aromatic heterocycles. The van der Waals surface area contributed by atoms with Gasteiger partial charge in [0.2, 0.25) is 0 Å². The Morgan fingerprint density at radius 2 is 1.50 bits per heavy atom. The molecule has 0 atom stereocenters. The number of nitrogens with one attached hydrogen (secondary N) is 2. The van der Waals surface area contributed by atoms with Crippen molar-refractivity contribution in [3.8, 4) is 6.07 Å². The molecule has 5 nitrogen and oxygen atoms in total. The summed E-state index contributed by atoms with van der Waals surface area (Å²) in [6, 6.07) is 8.15. The number of nitriles is 1. The minimum Gasteiger partial charge on any atom is -0.305 e. The van der Waals surface area contributed by atoms with Crippen molar-refractivity contribution in [2.24, 2.45) is 0 Å². The highest BCUT2D eigenvalue weighted by Crippen LogP contribution is 2.31.